The van der Waals surface area contributed by atoms with Crippen molar-refractivity contribution in [2.75, 3.05) is 12.4 Å². The molecule has 9 nitrogen and oxygen atoms in total. The summed E-state index contributed by atoms with van der Waals surface area (Å²) in [6, 6.07) is 19.2. The second kappa shape index (κ2) is 12.4. The number of halogens is 1. The quantitative estimate of drug-likeness (QED) is 0.312. The van der Waals surface area contributed by atoms with Crippen molar-refractivity contribution in [3.63, 3.8) is 0 Å². The standard InChI is InChI=1S/C29H29ClN4O5/c1-19-13-14-23(22(30)16-19)32-27(36)18-34-24-10-5-4-9-21(24)28(37)33(29(34)38)15-7-12-26(35)31-17-20-8-3-6-11-25(20)39-2/h3-6,8-11,13-14,16H,7,12,15,17-18H2,1-2H3,(H,31,35)(H,32,36). The van der Waals surface area contributed by atoms with E-state index in [2.05, 4.69) is 10.6 Å². The van der Waals surface area contributed by atoms with Gasteiger partial charge in [-0.3, -0.25) is 23.5 Å². The fourth-order valence-electron chi connectivity index (χ4n) is 4.30. The zero-order valence-electron chi connectivity index (χ0n) is 21.7. The number of nitrogens with one attached hydrogen (secondary N) is 2. The Labute approximate surface area is 230 Å². The molecule has 2 amide bonds. The van der Waals surface area contributed by atoms with Gasteiger partial charge in [0.05, 0.1) is 28.7 Å². The average Bonchev–Trinajstić information content (AvgIpc) is 2.93. The molecule has 0 aliphatic carbocycles. The number of anilines is 1. The molecule has 39 heavy (non-hydrogen) atoms. The van der Waals surface area contributed by atoms with Gasteiger partial charge in [0.2, 0.25) is 11.8 Å². The summed E-state index contributed by atoms with van der Waals surface area (Å²) in [5.74, 6) is -0.00639. The van der Waals surface area contributed by atoms with Crippen molar-refractivity contribution < 1.29 is 14.3 Å². The molecule has 0 fully saturated rings. The molecule has 0 bridgehead atoms. The number of amides is 2. The molecular formula is C29H29ClN4O5. The highest BCUT2D eigenvalue weighted by molar-refractivity contribution is 6.33. The van der Waals surface area contributed by atoms with Gasteiger partial charge in [0.1, 0.15) is 12.3 Å². The molecule has 0 unspecified atom stereocenters. The van der Waals surface area contributed by atoms with Gasteiger partial charge >= 0.3 is 5.69 Å². The number of hydrogen-bond donors (Lipinski definition) is 2. The van der Waals surface area contributed by atoms with E-state index >= 15 is 0 Å². The molecule has 0 radical (unpaired) electrons. The van der Waals surface area contributed by atoms with Crippen LogP contribution < -0.4 is 26.6 Å². The third-order valence-corrected chi connectivity index (χ3v) is 6.60. The monoisotopic (exact) mass is 548 g/mol. The highest BCUT2D eigenvalue weighted by atomic mass is 35.5. The highest BCUT2D eigenvalue weighted by Gasteiger charge is 2.16. The van der Waals surface area contributed by atoms with Crippen LogP contribution >= 0.6 is 11.6 Å². The summed E-state index contributed by atoms with van der Waals surface area (Å²) in [7, 11) is 1.57. The van der Waals surface area contributed by atoms with E-state index in [1.165, 1.54) is 4.57 Å². The number of aromatic nitrogens is 2. The third kappa shape index (κ3) is 6.56. The highest BCUT2D eigenvalue weighted by Crippen LogP contribution is 2.22. The number of rotatable bonds is 10. The van der Waals surface area contributed by atoms with Crippen LogP contribution in [0.25, 0.3) is 10.9 Å². The van der Waals surface area contributed by atoms with Gasteiger partial charge in [-0.15, -0.1) is 0 Å². The first-order chi connectivity index (χ1) is 18.8. The van der Waals surface area contributed by atoms with Crippen molar-refractivity contribution in [2.45, 2.75) is 39.4 Å². The molecule has 0 atom stereocenters. The molecule has 0 saturated heterocycles. The van der Waals surface area contributed by atoms with Crippen molar-refractivity contribution >= 4 is 40.0 Å². The maximum Gasteiger partial charge on any atom is 0.331 e. The number of hydrogen-bond acceptors (Lipinski definition) is 5. The maximum absolute atomic E-state index is 13.4. The van der Waals surface area contributed by atoms with E-state index in [1.807, 2.05) is 37.3 Å². The second-order valence-electron chi connectivity index (χ2n) is 9.07. The number of fused-ring (bicyclic) bond motifs is 1. The first kappa shape index (κ1) is 27.7. The molecule has 0 saturated carbocycles. The van der Waals surface area contributed by atoms with E-state index in [-0.39, 0.29) is 31.8 Å². The van der Waals surface area contributed by atoms with Crippen LogP contribution in [0.1, 0.15) is 24.0 Å². The lowest BCUT2D eigenvalue weighted by Crippen LogP contribution is -2.42. The summed E-state index contributed by atoms with van der Waals surface area (Å²) >= 11 is 6.24. The minimum atomic E-state index is -0.627. The first-order valence-electron chi connectivity index (χ1n) is 12.5. The van der Waals surface area contributed by atoms with Crippen molar-refractivity contribution in [3.8, 4) is 5.75 Å². The number of aryl methyl sites for hydroxylation is 1. The molecule has 1 aromatic heterocycles. The van der Waals surface area contributed by atoms with Crippen molar-refractivity contribution in [1.82, 2.24) is 14.5 Å². The minimum absolute atomic E-state index is 0.0238. The molecular weight excluding hydrogens is 520 g/mol. The van der Waals surface area contributed by atoms with Gasteiger partial charge in [0.25, 0.3) is 5.56 Å². The van der Waals surface area contributed by atoms with E-state index in [0.29, 0.717) is 33.9 Å². The van der Waals surface area contributed by atoms with E-state index in [1.54, 1.807) is 43.5 Å². The number of methoxy groups -OCH3 is 1. The molecule has 202 valence electrons. The Morgan fingerprint density at radius 3 is 2.46 bits per heavy atom. The van der Waals surface area contributed by atoms with Gasteiger partial charge in [0, 0.05) is 25.1 Å². The summed E-state index contributed by atoms with van der Waals surface area (Å²) in [5.41, 5.74) is 1.47. The van der Waals surface area contributed by atoms with Crippen LogP contribution in [0.5, 0.6) is 5.75 Å². The van der Waals surface area contributed by atoms with Gasteiger partial charge < -0.3 is 15.4 Å². The number of nitrogens with zero attached hydrogens (tertiary/aromatic N) is 2. The normalized spacial score (nSPS) is 10.8. The summed E-state index contributed by atoms with van der Waals surface area (Å²) in [6.07, 6.45) is 0.372. The Morgan fingerprint density at radius 2 is 1.69 bits per heavy atom. The average molecular weight is 549 g/mol. The van der Waals surface area contributed by atoms with Crippen LogP contribution in [0.15, 0.2) is 76.3 Å². The Morgan fingerprint density at radius 1 is 0.949 bits per heavy atom. The van der Waals surface area contributed by atoms with Gasteiger partial charge in [-0.25, -0.2) is 4.79 Å². The predicted octanol–water partition coefficient (Wildman–Crippen LogP) is 3.87. The summed E-state index contributed by atoms with van der Waals surface area (Å²) in [5, 5.41) is 6.25. The van der Waals surface area contributed by atoms with Crippen LogP contribution in [0.3, 0.4) is 0 Å². The molecule has 10 heteroatoms. The SMILES string of the molecule is COc1ccccc1CNC(=O)CCCn1c(=O)c2ccccc2n(CC(=O)Nc2ccc(C)cc2Cl)c1=O. The van der Waals surface area contributed by atoms with Crippen LogP contribution in [0.2, 0.25) is 5.02 Å². The van der Waals surface area contributed by atoms with Gasteiger partial charge in [-0.05, 0) is 49.2 Å². The molecule has 4 aromatic rings. The lowest BCUT2D eigenvalue weighted by molar-refractivity contribution is -0.121. The van der Waals surface area contributed by atoms with Crippen LogP contribution in [0.4, 0.5) is 5.69 Å². The fraction of sp³-hybridized carbons (Fsp3) is 0.241. The van der Waals surface area contributed by atoms with Gasteiger partial charge in [-0.2, -0.15) is 0 Å². The molecule has 3 aromatic carbocycles. The number of para-hydroxylation sites is 2. The zero-order chi connectivity index (χ0) is 27.9. The van der Waals surface area contributed by atoms with Crippen molar-refractivity contribution in [3.05, 3.63) is 104 Å². The number of ether oxygens (including phenoxy) is 1. The Hall–Kier alpha value is -4.37. The van der Waals surface area contributed by atoms with Gasteiger partial charge in [0.15, 0.2) is 0 Å². The maximum atomic E-state index is 13.4. The molecule has 1 heterocycles. The number of benzene rings is 3. The first-order valence-corrected chi connectivity index (χ1v) is 12.8. The Bertz CT molecular complexity index is 1640. The molecule has 4 rings (SSSR count). The summed E-state index contributed by atoms with van der Waals surface area (Å²) in [4.78, 5) is 51.8. The lowest BCUT2D eigenvalue weighted by Gasteiger charge is -2.15. The van der Waals surface area contributed by atoms with E-state index in [4.69, 9.17) is 16.3 Å². The number of carbonyl (C=O) groups is 2. The van der Waals surface area contributed by atoms with E-state index in [9.17, 15) is 19.2 Å². The Balaban J connectivity index is 1.48. The van der Waals surface area contributed by atoms with Gasteiger partial charge in [-0.1, -0.05) is 48.0 Å². The van der Waals surface area contributed by atoms with Crippen molar-refractivity contribution in [2.24, 2.45) is 0 Å². The van der Waals surface area contributed by atoms with Crippen LogP contribution in [-0.2, 0) is 29.2 Å². The number of carbonyl (C=O) groups excluding carboxylic acids is 2. The topological polar surface area (TPSA) is 111 Å². The predicted molar refractivity (Wildman–Crippen MR) is 151 cm³/mol. The molecule has 0 aliphatic heterocycles. The minimum Gasteiger partial charge on any atom is -0.496 e. The second-order valence-corrected chi connectivity index (χ2v) is 9.47. The third-order valence-electron chi connectivity index (χ3n) is 6.29. The van der Waals surface area contributed by atoms with Crippen LogP contribution in [0, 0.1) is 6.92 Å². The Kier molecular flexibility index (Phi) is 8.83. The zero-order valence-corrected chi connectivity index (χ0v) is 22.5. The largest absolute Gasteiger partial charge is 0.496 e. The van der Waals surface area contributed by atoms with Crippen LogP contribution in [-0.4, -0.2) is 28.1 Å². The lowest BCUT2D eigenvalue weighted by atomic mass is 10.2. The van der Waals surface area contributed by atoms with Crippen molar-refractivity contribution in [1.29, 1.82) is 0 Å². The fourth-order valence-corrected chi connectivity index (χ4v) is 4.59. The smallest absolute Gasteiger partial charge is 0.331 e. The molecule has 0 spiro atoms. The van der Waals surface area contributed by atoms with E-state index < -0.39 is 17.2 Å². The molecule has 2 N–H and O–H groups in total. The summed E-state index contributed by atoms with van der Waals surface area (Å²) < 4.78 is 7.63. The summed E-state index contributed by atoms with van der Waals surface area (Å²) in [6.45, 7) is 1.89. The molecule has 0 aliphatic rings. The van der Waals surface area contributed by atoms with E-state index in [0.717, 1.165) is 15.7 Å².